The third kappa shape index (κ3) is 3.46. The standard InChI is InChI=1S/C14H28N2/c1-2-3-11-4-7-13(8-5-11)16-14-9-6-12(15)10-14/h11-14,16H,2-10,15H2,1H3. The van der Waals surface area contributed by atoms with Crippen LogP contribution in [0, 0.1) is 5.92 Å². The number of hydrogen-bond acceptors (Lipinski definition) is 2. The van der Waals surface area contributed by atoms with E-state index >= 15 is 0 Å². The van der Waals surface area contributed by atoms with Gasteiger partial charge >= 0.3 is 0 Å². The third-order valence-corrected chi connectivity index (χ3v) is 4.49. The van der Waals surface area contributed by atoms with Crippen molar-refractivity contribution in [3.63, 3.8) is 0 Å². The summed E-state index contributed by atoms with van der Waals surface area (Å²) in [6.07, 6.45) is 12.2. The van der Waals surface area contributed by atoms with Crippen molar-refractivity contribution in [2.45, 2.75) is 82.8 Å². The van der Waals surface area contributed by atoms with Crippen LogP contribution in [-0.2, 0) is 0 Å². The molecule has 2 heteroatoms. The Hall–Kier alpha value is -0.0800. The first-order valence-corrected chi connectivity index (χ1v) is 7.29. The zero-order valence-electron chi connectivity index (χ0n) is 10.8. The Kier molecular flexibility index (Phi) is 4.66. The van der Waals surface area contributed by atoms with Gasteiger partial charge in [0.05, 0.1) is 0 Å². The van der Waals surface area contributed by atoms with E-state index in [0.717, 1.165) is 18.0 Å². The predicted molar refractivity (Wildman–Crippen MR) is 69.4 cm³/mol. The van der Waals surface area contributed by atoms with Gasteiger partial charge in [0, 0.05) is 18.1 Å². The fraction of sp³-hybridized carbons (Fsp3) is 1.00. The van der Waals surface area contributed by atoms with Crippen LogP contribution in [0.15, 0.2) is 0 Å². The van der Waals surface area contributed by atoms with Gasteiger partial charge in [0.15, 0.2) is 0 Å². The molecule has 16 heavy (non-hydrogen) atoms. The second kappa shape index (κ2) is 6.02. The Morgan fingerprint density at radius 2 is 1.69 bits per heavy atom. The van der Waals surface area contributed by atoms with Crippen LogP contribution in [0.3, 0.4) is 0 Å². The molecule has 2 saturated carbocycles. The van der Waals surface area contributed by atoms with Gasteiger partial charge in [-0.2, -0.15) is 0 Å². The molecule has 2 aliphatic carbocycles. The highest BCUT2D eigenvalue weighted by Crippen LogP contribution is 2.29. The van der Waals surface area contributed by atoms with Crippen LogP contribution >= 0.6 is 0 Å². The fourth-order valence-electron chi connectivity index (χ4n) is 3.53. The second-order valence-electron chi connectivity index (χ2n) is 5.94. The van der Waals surface area contributed by atoms with Gasteiger partial charge in [0.25, 0.3) is 0 Å². The summed E-state index contributed by atoms with van der Waals surface area (Å²) in [5, 5.41) is 3.83. The molecule has 0 saturated heterocycles. The van der Waals surface area contributed by atoms with Crippen LogP contribution in [0.2, 0.25) is 0 Å². The Morgan fingerprint density at radius 3 is 2.25 bits per heavy atom. The summed E-state index contributed by atoms with van der Waals surface area (Å²) in [4.78, 5) is 0. The first kappa shape index (κ1) is 12.4. The zero-order chi connectivity index (χ0) is 11.4. The van der Waals surface area contributed by atoms with Crippen molar-refractivity contribution < 1.29 is 0 Å². The van der Waals surface area contributed by atoms with Crippen molar-refractivity contribution in [1.29, 1.82) is 0 Å². The van der Waals surface area contributed by atoms with Crippen molar-refractivity contribution in [2.24, 2.45) is 11.7 Å². The number of hydrogen-bond donors (Lipinski definition) is 2. The summed E-state index contributed by atoms with van der Waals surface area (Å²) < 4.78 is 0. The topological polar surface area (TPSA) is 38.0 Å². The number of nitrogens with one attached hydrogen (secondary N) is 1. The van der Waals surface area contributed by atoms with Gasteiger partial charge < -0.3 is 11.1 Å². The van der Waals surface area contributed by atoms with Gasteiger partial charge in [-0.1, -0.05) is 19.8 Å². The summed E-state index contributed by atoms with van der Waals surface area (Å²) >= 11 is 0. The Balaban J connectivity index is 1.65. The highest BCUT2D eigenvalue weighted by molar-refractivity contribution is 4.87. The Bertz CT molecular complexity index is 197. The number of nitrogens with two attached hydrogens (primary N) is 1. The molecule has 2 atom stereocenters. The maximum Gasteiger partial charge on any atom is 0.00849 e. The molecular weight excluding hydrogens is 196 g/mol. The Morgan fingerprint density at radius 1 is 1.00 bits per heavy atom. The third-order valence-electron chi connectivity index (χ3n) is 4.49. The van der Waals surface area contributed by atoms with Gasteiger partial charge in [-0.3, -0.25) is 0 Å². The fourth-order valence-corrected chi connectivity index (χ4v) is 3.53. The molecule has 2 unspecified atom stereocenters. The SMILES string of the molecule is CCCC1CCC(NC2CCC(N)C2)CC1. The zero-order valence-corrected chi connectivity index (χ0v) is 10.8. The molecule has 0 aromatic rings. The van der Waals surface area contributed by atoms with Crippen LogP contribution in [0.5, 0.6) is 0 Å². The smallest absolute Gasteiger partial charge is 0.00849 e. The van der Waals surface area contributed by atoms with Crippen LogP contribution in [0.4, 0.5) is 0 Å². The lowest BCUT2D eigenvalue weighted by Gasteiger charge is -2.31. The monoisotopic (exact) mass is 224 g/mol. The second-order valence-corrected chi connectivity index (χ2v) is 5.94. The minimum absolute atomic E-state index is 0.467. The van der Waals surface area contributed by atoms with Crippen molar-refractivity contribution in [1.82, 2.24) is 5.32 Å². The first-order chi connectivity index (χ1) is 7.78. The molecule has 0 aromatic carbocycles. The minimum Gasteiger partial charge on any atom is -0.328 e. The van der Waals surface area contributed by atoms with Gasteiger partial charge in [0.2, 0.25) is 0 Å². The molecule has 0 aliphatic heterocycles. The van der Waals surface area contributed by atoms with E-state index in [-0.39, 0.29) is 0 Å². The molecule has 0 amide bonds. The van der Waals surface area contributed by atoms with Crippen molar-refractivity contribution >= 4 is 0 Å². The van der Waals surface area contributed by atoms with E-state index in [0.29, 0.717) is 6.04 Å². The van der Waals surface area contributed by atoms with Crippen molar-refractivity contribution in [3.8, 4) is 0 Å². The van der Waals surface area contributed by atoms with E-state index in [1.165, 1.54) is 57.8 Å². The van der Waals surface area contributed by atoms with Gasteiger partial charge in [-0.05, 0) is 50.9 Å². The van der Waals surface area contributed by atoms with E-state index < -0.39 is 0 Å². The predicted octanol–water partition coefficient (Wildman–Crippen LogP) is 2.81. The summed E-state index contributed by atoms with van der Waals surface area (Å²) in [7, 11) is 0. The molecule has 2 aliphatic rings. The molecule has 2 fully saturated rings. The lowest BCUT2D eigenvalue weighted by molar-refractivity contribution is 0.262. The van der Waals surface area contributed by atoms with E-state index in [1.54, 1.807) is 0 Å². The molecule has 2 nitrogen and oxygen atoms in total. The maximum atomic E-state index is 5.95. The molecule has 0 radical (unpaired) electrons. The molecule has 0 spiro atoms. The quantitative estimate of drug-likeness (QED) is 0.770. The normalized spacial score (nSPS) is 40.1. The first-order valence-electron chi connectivity index (χ1n) is 7.29. The molecule has 94 valence electrons. The van der Waals surface area contributed by atoms with Gasteiger partial charge in [0.1, 0.15) is 0 Å². The minimum atomic E-state index is 0.467. The average Bonchev–Trinajstić information content (AvgIpc) is 2.67. The maximum absolute atomic E-state index is 5.95. The van der Waals surface area contributed by atoms with E-state index in [4.69, 9.17) is 5.73 Å². The van der Waals surface area contributed by atoms with Gasteiger partial charge in [-0.25, -0.2) is 0 Å². The largest absolute Gasteiger partial charge is 0.328 e. The van der Waals surface area contributed by atoms with Crippen LogP contribution in [-0.4, -0.2) is 18.1 Å². The highest BCUT2D eigenvalue weighted by atomic mass is 15.0. The summed E-state index contributed by atoms with van der Waals surface area (Å²) in [5.74, 6) is 1.02. The molecule has 0 heterocycles. The van der Waals surface area contributed by atoms with Crippen molar-refractivity contribution in [3.05, 3.63) is 0 Å². The van der Waals surface area contributed by atoms with E-state index in [2.05, 4.69) is 12.2 Å². The number of rotatable bonds is 4. The van der Waals surface area contributed by atoms with E-state index in [9.17, 15) is 0 Å². The highest BCUT2D eigenvalue weighted by Gasteiger charge is 2.26. The lowest BCUT2D eigenvalue weighted by Crippen LogP contribution is -2.39. The van der Waals surface area contributed by atoms with Gasteiger partial charge in [-0.15, -0.1) is 0 Å². The summed E-state index contributed by atoms with van der Waals surface area (Å²) in [6, 6.07) is 1.99. The van der Waals surface area contributed by atoms with Crippen LogP contribution in [0.1, 0.15) is 64.7 Å². The molecular formula is C14H28N2. The summed E-state index contributed by atoms with van der Waals surface area (Å²) in [6.45, 7) is 2.31. The van der Waals surface area contributed by atoms with Crippen molar-refractivity contribution in [2.75, 3.05) is 0 Å². The Labute approximate surface area is 100 Å². The summed E-state index contributed by atoms with van der Waals surface area (Å²) in [5.41, 5.74) is 5.95. The van der Waals surface area contributed by atoms with E-state index in [1.807, 2.05) is 0 Å². The molecule has 3 N–H and O–H groups in total. The molecule has 0 aromatic heterocycles. The molecule has 0 bridgehead atoms. The lowest BCUT2D eigenvalue weighted by atomic mass is 9.83. The molecule has 2 rings (SSSR count). The average molecular weight is 224 g/mol. The van der Waals surface area contributed by atoms with Crippen LogP contribution < -0.4 is 11.1 Å². The van der Waals surface area contributed by atoms with Crippen LogP contribution in [0.25, 0.3) is 0 Å².